The summed E-state index contributed by atoms with van der Waals surface area (Å²) >= 11 is 0. The van der Waals surface area contributed by atoms with Gasteiger partial charge in [-0.2, -0.15) is 0 Å². The molecule has 0 aromatic rings. The molecule has 2 N–H and O–H groups in total. The SMILES string of the molecule is CC1=CC[C@H]2[C@@](C)(CC[C@H]3C(C)(C)CCC[C@]23C)[C@@H]1C(=O)OCC(O)CO. The monoisotopic (exact) mass is 378 g/mol. The normalized spacial score (nSPS) is 41.7. The van der Waals surface area contributed by atoms with Crippen LogP contribution in [-0.4, -0.2) is 35.5 Å². The first kappa shape index (κ1) is 20.9. The number of esters is 1. The first-order chi connectivity index (χ1) is 12.6. The van der Waals surface area contributed by atoms with Crippen molar-refractivity contribution < 1.29 is 19.7 Å². The molecule has 3 rings (SSSR count). The lowest BCUT2D eigenvalue weighted by molar-refractivity contribution is -0.174. The third-order valence-corrected chi connectivity index (χ3v) is 8.49. The van der Waals surface area contributed by atoms with Crippen molar-refractivity contribution in [1.82, 2.24) is 0 Å². The minimum atomic E-state index is -1.00. The zero-order valence-electron chi connectivity index (χ0n) is 17.8. The minimum absolute atomic E-state index is 0.0985. The van der Waals surface area contributed by atoms with E-state index in [1.165, 1.54) is 25.7 Å². The Morgan fingerprint density at radius 3 is 2.56 bits per heavy atom. The molecule has 0 aromatic carbocycles. The number of aliphatic hydroxyl groups is 2. The van der Waals surface area contributed by atoms with Crippen molar-refractivity contribution in [3.8, 4) is 0 Å². The largest absolute Gasteiger partial charge is 0.462 e. The molecule has 1 unspecified atom stereocenters. The summed E-state index contributed by atoms with van der Waals surface area (Å²) in [5.41, 5.74) is 1.63. The van der Waals surface area contributed by atoms with E-state index < -0.39 is 6.10 Å². The minimum Gasteiger partial charge on any atom is -0.462 e. The van der Waals surface area contributed by atoms with Gasteiger partial charge >= 0.3 is 5.97 Å². The van der Waals surface area contributed by atoms with Crippen molar-refractivity contribution in [1.29, 1.82) is 0 Å². The van der Waals surface area contributed by atoms with E-state index in [2.05, 4.69) is 40.7 Å². The van der Waals surface area contributed by atoms with Gasteiger partial charge < -0.3 is 14.9 Å². The van der Waals surface area contributed by atoms with Gasteiger partial charge in [-0.3, -0.25) is 4.79 Å². The van der Waals surface area contributed by atoms with Crippen LogP contribution in [0.1, 0.15) is 73.1 Å². The Morgan fingerprint density at radius 2 is 1.89 bits per heavy atom. The molecule has 0 saturated heterocycles. The van der Waals surface area contributed by atoms with E-state index in [-0.39, 0.29) is 35.9 Å². The maximum Gasteiger partial charge on any atom is 0.313 e. The van der Waals surface area contributed by atoms with Crippen LogP contribution in [-0.2, 0) is 9.53 Å². The van der Waals surface area contributed by atoms with E-state index in [0.717, 1.165) is 18.4 Å². The van der Waals surface area contributed by atoms with Gasteiger partial charge in [-0.25, -0.2) is 0 Å². The molecule has 3 aliphatic rings. The van der Waals surface area contributed by atoms with Crippen molar-refractivity contribution in [3.05, 3.63) is 11.6 Å². The van der Waals surface area contributed by atoms with Gasteiger partial charge in [-0.15, -0.1) is 0 Å². The van der Waals surface area contributed by atoms with Crippen molar-refractivity contribution in [3.63, 3.8) is 0 Å². The van der Waals surface area contributed by atoms with Crippen LogP contribution in [0.5, 0.6) is 0 Å². The molecule has 0 aliphatic heterocycles. The summed E-state index contributed by atoms with van der Waals surface area (Å²) in [4.78, 5) is 13.0. The predicted octanol–water partition coefficient (Wildman–Crippen LogP) is 4.10. The average Bonchev–Trinajstić information content (AvgIpc) is 2.57. The molecule has 4 nitrogen and oxygen atoms in total. The number of hydrogen-bond donors (Lipinski definition) is 2. The van der Waals surface area contributed by atoms with Crippen LogP contribution in [0.3, 0.4) is 0 Å². The molecule has 0 aromatic heterocycles. The quantitative estimate of drug-likeness (QED) is 0.571. The summed E-state index contributed by atoms with van der Waals surface area (Å²) in [5.74, 6) is 0.703. The number of ether oxygens (including phenoxy) is 1. The van der Waals surface area contributed by atoms with Gasteiger partial charge in [-0.05, 0) is 67.1 Å². The van der Waals surface area contributed by atoms with Crippen LogP contribution < -0.4 is 0 Å². The number of allylic oxidation sites excluding steroid dienone is 1. The van der Waals surface area contributed by atoms with Crippen LogP contribution in [0.15, 0.2) is 11.6 Å². The van der Waals surface area contributed by atoms with Gasteiger partial charge in [0.1, 0.15) is 12.7 Å². The summed E-state index contributed by atoms with van der Waals surface area (Å²) in [6.07, 6.45) is 8.35. The molecular weight excluding hydrogens is 340 g/mol. The van der Waals surface area contributed by atoms with Crippen molar-refractivity contribution >= 4 is 5.97 Å². The number of hydrogen-bond acceptors (Lipinski definition) is 4. The topological polar surface area (TPSA) is 66.8 Å². The lowest BCUT2D eigenvalue weighted by Crippen LogP contribution is -2.58. The van der Waals surface area contributed by atoms with Gasteiger partial charge in [0.05, 0.1) is 12.5 Å². The molecule has 154 valence electrons. The van der Waals surface area contributed by atoms with Crippen LogP contribution in [0.4, 0.5) is 0 Å². The lowest BCUT2D eigenvalue weighted by atomic mass is 9.40. The fourth-order valence-electron chi connectivity index (χ4n) is 7.28. The fourth-order valence-corrected chi connectivity index (χ4v) is 7.28. The molecule has 6 atom stereocenters. The average molecular weight is 379 g/mol. The molecule has 0 radical (unpaired) electrons. The standard InChI is InChI=1S/C23H38O4/c1-15-7-8-18-22(4)11-6-10-21(2,3)17(22)9-12-23(18,5)19(15)20(26)27-14-16(25)13-24/h7,16-19,24-25H,6,8-14H2,1-5H3/t16?,17-,18+,19-,22-,23+/m0/s1. The maximum absolute atomic E-state index is 13.0. The van der Waals surface area contributed by atoms with Crippen LogP contribution in [0.2, 0.25) is 0 Å². The van der Waals surface area contributed by atoms with Crippen molar-refractivity contribution in [2.24, 2.45) is 34.0 Å². The second-order valence-electron chi connectivity index (χ2n) is 10.6. The molecule has 0 bridgehead atoms. The number of carbonyl (C=O) groups is 1. The highest BCUT2D eigenvalue weighted by molar-refractivity contribution is 5.77. The number of carbonyl (C=O) groups excluding carboxylic acids is 1. The first-order valence-corrected chi connectivity index (χ1v) is 10.7. The summed E-state index contributed by atoms with van der Waals surface area (Å²) in [7, 11) is 0. The molecule has 2 fully saturated rings. The highest BCUT2D eigenvalue weighted by Gasteiger charge is 2.62. The van der Waals surface area contributed by atoms with Gasteiger partial charge in [-0.1, -0.05) is 45.8 Å². The van der Waals surface area contributed by atoms with Crippen molar-refractivity contribution in [2.45, 2.75) is 79.2 Å². The summed E-state index contributed by atoms with van der Waals surface area (Å²) in [6, 6.07) is 0. The molecule has 4 heteroatoms. The predicted molar refractivity (Wildman–Crippen MR) is 106 cm³/mol. The Labute approximate surface area is 164 Å². The highest BCUT2D eigenvalue weighted by atomic mass is 16.5. The van der Waals surface area contributed by atoms with E-state index in [1.807, 2.05) is 0 Å². The van der Waals surface area contributed by atoms with E-state index in [0.29, 0.717) is 17.3 Å². The maximum atomic E-state index is 13.0. The molecule has 3 aliphatic carbocycles. The zero-order valence-corrected chi connectivity index (χ0v) is 17.8. The van der Waals surface area contributed by atoms with Crippen molar-refractivity contribution in [2.75, 3.05) is 13.2 Å². The van der Waals surface area contributed by atoms with Gasteiger partial charge in [0.2, 0.25) is 0 Å². The van der Waals surface area contributed by atoms with E-state index in [4.69, 9.17) is 9.84 Å². The molecule has 0 heterocycles. The Hall–Kier alpha value is -0.870. The molecular formula is C23H38O4. The Morgan fingerprint density at radius 1 is 1.19 bits per heavy atom. The molecule has 0 spiro atoms. The highest BCUT2D eigenvalue weighted by Crippen LogP contribution is 2.68. The number of fused-ring (bicyclic) bond motifs is 3. The number of aliphatic hydroxyl groups excluding tert-OH is 2. The fraction of sp³-hybridized carbons (Fsp3) is 0.870. The third-order valence-electron chi connectivity index (χ3n) is 8.49. The first-order valence-electron chi connectivity index (χ1n) is 10.7. The van der Waals surface area contributed by atoms with E-state index in [9.17, 15) is 9.90 Å². The van der Waals surface area contributed by atoms with E-state index in [1.54, 1.807) is 0 Å². The molecule has 0 amide bonds. The van der Waals surface area contributed by atoms with Gasteiger partial charge in [0.15, 0.2) is 0 Å². The lowest BCUT2D eigenvalue weighted by Gasteiger charge is -2.64. The second-order valence-corrected chi connectivity index (χ2v) is 10.6. The third kappa shape index (κ3) is 3.37. The summed E-state index contributed by atoms with van der Waals surface area (Å²) in [6.45, 7) is 11.2. The smallest absolute Gasteiger partial charge is 0.313 e. The summed E-state index contributed by atoms with van der Waals surface area (Å²) < 4.78 is 5.44. The molecule has 27 heavy (non-hydrogen) atoms. The Balaban J connectivity index is 1.90. The van der Waals surface area contributed by atoms with Crippen LogP contribution in [0.25, 0.3) is 0 Å². The van der Waals surface area contributed by atoms with Gasteiger partial charge in [0.25, 0.3) is 0 Å². The zero-order chi connectivity index (χ0) is 20.0. The Kier molecular flexibility index (Phi) is 5.55. The van der Waals surface area contributed by atoms with Crippen LogP contribution in [0, 0.1) is 34.0 Å². The second kappa shape index (κ2) is 7.18. The summed E-state index contributed by atoms with van der Waals surface area (Å²) in [5, 5.41) is 18.6. The Bertz CT molecular complexity index is 609. The number of rotatable bonds is 4. The van der Waals surface area contributed by atoms with E-state index >= 15 is 0 Å². The van der Waals surface area contributed by atoms with Gasteiger partial charge in [0, 0.05) is 0 Å². The van der Waals surface area contributed by atoms with Crippen LogP contribution >= 0.6 is 0 Å². The molecule has 2 saturated carbocycles.